The SMILES string of the molecule is O=C(O)c1cn(CC(F)(F)F)c(=O)cn1. The second kappa shape index (κ2) is 3.71. The lowest BCUT2D eigenvalue weighted by molar-refractivity contribution is -0.141. The summed E-state index contributed by atoms with van der Waals surface area (Å²) in [6.07, 6.45) is -3.49. The minimum absolute atomic E-state index is 0.246. The Hall–Kier alpha value is -1.86. The third-order valence-electron chi connectivity index (χ3n) is 1.44. The molecule has 5 nitrogen and oxygen atoms in total. The molecular formula is C7H5F3N2O3. The maximum atomic E-state index is 11.9. The number of aromatic carboxylic acids is 1. The van der Waals surface area contributed by atoms with E-state index in [4.69, 9.17) is 5.11 Å². The largest absolute Gasteiger partial charge is 0.476 e. The van der Waals surface area contributed by atoms with Crippen LogP contribution in [0.15, 0.2) is 17.2 Å². The van der Waals surface area contributed by atoms with E-state index in [0.717, 1.165) is 0 Å². The van der Waals surface area contributed by atoms with E-state index in [1.165, 1.54) is 0 Å². The van der Waals surface area contributed by atoms with Crippen LogP contribution in [0.5, 0.6) is 0 Å². The summed E-state index contributed by atoms with van der Waals surface area (Å²) in [6.45, 7) is -1.53. The topological polar surface area (TPSA) is 72.2 Å². The van der Waals surface area contributed by atoms with Gasteiger partial charge in [0.2, 0.25) is 0 Å². The van der Waals surface area contributed by atoms with Gasteiger partial charge < -0.3 is 9.67 Å². The van der Waals surface area contributed by atoms with Gasteiger partial charge in [0.25, 0.3) is 5.56 Å². The van der Waals surface area contributed by atoms with E-state index in [1.54, 1.807) is 0 Å². The van der Waals surface area contributed by atoms with Gasteiger partial charge in [-0.1, -0.05) is 0 Å². The van der Waals surface area contributed by atoms with Gasteiger partial charge in [0, 0.05) is 6.20 Å². The molecule has 8 heteroatoms. The van der Waals surface area contributed by atoms with E-state index in [9.17, 15) is 22.8 Å². The molecule has 0 atom stereocenters. The molecule has 0 aliphatic heterocycles. The molecule has 0 aromatic carbocycles. The summed E-state index contributed by atoms with van der Waals surface area (Å²) < 4.78 is 36.0. The lowest BCUT2D eigenvalue weighted by Crippen LogP contribution is -2.28. The molecule has 1 aromatic heterocycles. The summed E-state index contributed by atoms with van der Waals surface area (Å²) in [6, 6.07) is 0. The Balaban J connectivity index is 3.12. The number of carboxylic acid groups (broad SMARTS) is 1. The van der Waals surface area contributed by atoms with Crippen molar-refractivity contribution in [1.29, 1.82) is 0 Å². The Labute approximate surface area is 80.8 Å². The fraction of sp³-hybridized carbons (Fsp3) is 0.286. The lowest BCUT2D eigenvalue weighted by Gasteiger charge is -2.08. The van der Waals surface area contributed by atoms with Crippen LogP contribution in [0.4, 0.5) is 13.2 Å². The average molecular weight is 222 g/mol. The Morgan fingerprint density at radius 3 is 2.60 bits per heavy atom. The van der Waals surface area contributed by atoms with E-state index in [0.29, 0.717) is 12.4 Å². The highest BCUT2D eigenvalue weighted by atomic mass is 19.4. The summed E-state index contributed by atoms with van der Waals surface area (Å²) >= 11 is 0. The fourth-order valence-corrected chi connectivity index (χ4v) is 0.871. The monoisotopic (exact) mass is 222 g/mol. The molecule has 1 rings (SSSR count). The van der Waals surface area contributed by atoms with E-state index >= 15 is 0 Å². The molecule has 0 fully saturated rings. The van der Waals surface area contributed by atoms with Gasteiger partial charge >= 0.3 is 12.1 Å². The van der Waals surface area contributed by atoms with Gasteiger partial charge in [0.05, 0.1) is 6.20 Å². The summed E-state index contributed by atoms with van der Waals surface area (Å²) in [5, 5.41) is 8.44. The fourth-order valence-electron chi connectivity index (χ4n) is 0.871. The number of alkyl halides is 3. The van der Waals surface area contributed by atoms with E-state index in [1.807, 2.05) is 0 Å². The first-order valence-corrected chi connectivity index (χ1v) is 3.66. The van der Waals surface area contributed by atoms with Crippen molar-refractivity contribution in [2.75, 3.05) is 0 Å². The summed E-state index contributed by atoms with van der Waals surface area (Å²) in [7, 11) is 0. The number of nitrogens with zero attached hydrogens (tertiary/aromatic N) is 2. The van der Waals surface area contributed by atoms with Crippen LogP contribution < -0.4 is 5.56 Å². The highest BCUT2D eigenvalue weighted by Gasteiger charge is 2.28. The van der Waals surface area contributed by atoms with Gasteiger partial charge in [-0.25, -0.2) is 9.78 Å². The zero-order valence-corrected chi connectivity index (χ0v) is 7.15. The summed E-state index contributed by atoms with van der Waals surface area (Å²) in [5.41, 5.74) is -1.61. The normalized spacial score (nSPS) is 11.4. The number of hydrogen-bond donors (Lipinski definition) is 1. The highest BCUT2D eigenvalue weighted by molar-refractivity contribution is 5.84. The van der Waals surface area contributed by atoms with Crippen LogP contribution in [0.3, 0.4) is 0 Å². The van der Waals surface area contributed by atoms with Crippen molar-refractivity contribution in [3.63, 3.8) is 0 Å². The van der Waals surface area contributed by atoms with E-state index < -0.39 is 29.9 Å². The van der Waals surface area contributed by atoms with Gasteiger partial charge in [0.15, 0.2) is 5.69 Å². The first kappa shape index (κ1) is 11.2. The molecule has 0 unspecified atom stereocenters. The van der Waals surface area contributed by atoms with Crippen molar-refractivity contribution in [2.24, 2.45) is 0 Å². The standard InChI is InChI=1S/C7H5F3N2O3/c8-7(9,10)3-12-2-4(6(14)15)11-1-5(12)13/h1-2H,3H2,(H,14,15). The molecule has 0 aliphatic carbocycles. The Morgan fingerprint density at radius 2 is 2.13 bits per heavy atom. The van der Waals surface area contributed by atoms with Crippen molar-refractivity contribution >= 4 is 5.97 Å². The molecular weight excluding hydrogens is 217 g/mol. The van der Waals surface area contributed by atoms with E-state index in [-0.39, 0.29) is 4.57 Å². The van der Waals surface area contributed by atoms with Gasteiger partial charge in [-0.05, 0) is 0 Å². The van der Waals surface area contributed by atoms with Crippen molar-refractivity contribution < 1.29 is 23.1 Å². The van der Waals surface area contributed by atoms with Crippen LogP contribution in [-0.4, -0.2) is 26.8 Å². The van der Waals surface area contributed by atoms with Crippen molar-refractivity contribution in [2.45, 2.75) is 12.7 Å². The smallest absolute Gasteiger partial charge is 0.406 e. The van der Waals surface area contributed by atoms with Crippen molar-refractivity contribution in [1.82, 2.24) is 9.55 Å². The van der Waals surface area contributed by atoms with Crippen LogP contribution >= 0.6 is 0 Å². The van der Waals surface area contributed by atoms with E-state index in [2.05, 4.69) is 4.98 Å². The van der Waals surface area contributed by atoms with Crippen LogP contribution in [0.2, 0.25) is 0 Å². The minimum Gasteiger partial charge on any atom is -0.476 e. The molecule has 0 saturated carbocycles. The zero-order chi connectivity index (χ0) is 11.6. The molecule has 15 heavy (non-hydrogen) atoms. The molecule has 0 radical (unpaired) electrons. The third-order valence-corrected chi connectivity index (χ3v) is 1.44. The molecule has 82 valence electrons. The van der Waals surface area contributed by atoms with Crippen LogP contribution in [-0.2, 0) is 6.54 Å². The van der Waals surface area contributed by atoms with Crippen LogP contribution in [0.1, 0.15) is 10.5 Å². The van der Waals surface area contributed by atoms with Crippen molar-refractivity contribution in [3.8, 4) is 0 Å². The molecule has 1 aromatic rings. The molecule has 0 spiro atoms. The Bertz CT molecular complexity index is 438. The maximum absolute atomic E-state index is 11.9. The minimum atomic E-state index is -4.58. The first-order chi connectivity index (χ1) is 6.79. The van der Waals surface area contributed by atoms with Gasteiger partial charge in [-0.3, -0.25) is 4.79 Å². The quantitative estimate of drug-likeness (QED) is 0.790. The Morgan fingerprint density at radius 1 is 1.53 bits per heavy atom. The predicted molar refractivity (Wildman–Crippen MR) is 41.5 cm³/mol. The lowest BCUT2D eigenvalue weighted by atomic mass is 10.4. The van der Waals surface area contributed by atoms with Gasteiger partial charge in [0.1, 0.15) is 6.54 Å². The molecule has 0 saturated heterocycles. The molecule has 1 heterocycles. The molecule has 0 bridgehead atoms. The number of halogens is 3. The van der Waals surface area contributed by atoms with Crippen molar-refractivity contribution in [3.05, 3.63) is 28.4 Å². The number of hydrogen-bond acceptors (Lipinski definition) is 3. The summed E-state index contributed by atoms with van der Waals surface area (Å²) in [4.78, 5) is 24.4. The maximum Gasteiger partial charge on any atom is 0.406 e. The molecule has 0 aliphatic rings. The first-order valence-electron chi connectivity index (χ1n) is 3.66. The second-order valence-electron chi connectivity index (χ2n) is 2.66. The molecule has 0 amide bonds. The number of carbonyl (C=O) groups is 1. The summed E-state index contributed by atoms with van der Waals surface area (Å²) in [5.74, 6) is -1.49. The van der Waals surface area contributed by atoms with Crippen LogP contribution in [0, 0.1) is 0 Å². The molecule has 1 N–H and O–H groups in total. The van der Waals surface area contributed by atoms with Gasteiger partial charge in [-0.2, -0.15) is 13.2 Å². The number of carboxylic acids is 1. The zero-order valence-electron chi connectivity index (χ0n) is 7.15. The average Bonchev–Trinajstić information content (AvgIpc) is 2.06. The predicted octanol–water partition coefficient (Wildman–Crippen LogP) is 0.504. The van der Waals surface area contributed by atoms with Crippen LogP contribution in [0.25, 0.3) is 0 Å². The highest BCUT2D eigenvalue weighted by Crippen LogP contribution is 2.16. The van der Waals surface area contributed by atoms with Gasteiger partial charge in [-0.15, -0.1) is 0 Å². The number of aromatic nitrogens is 2. The third kappa shape index (κ3) is 3.08. The Kier molecular flexibility index (Phi) is 2.78. The number of rotatable bonds is 2. The second-order valence-corrected chi connectivity index (χ2v) is 2.66.